The SMILES string of the molecule is CC(C)Oc1ccc(CNc2cc(-c3ccccc3F)nc3c(Br)cnn23)c[n+]1O. The number of benzene rings is 1. The molecule has 0 saturated carbocycles. The first-order valence-electron chi connectivity index (χ1n) is 9.36. The van der Waals surface area contributed by atoms with Gasteiger partial charge in [-0.15, -0.1) is 0 Å². The van der Waals surface area contributed by atoms with Gasteiger partial charge in [0.1, 0.15) is 11.6 Å². The van der Waals surface area contributed by atoms with E-state index in [1.54, 1.807) is 47.2 Å². The number of ether oxygens (including phenoxy) is 1. The molecule has 0 aliphatic heterocycles. The van der Waals surface area contributed by atoms with Crippen molar-refractivity contribution in [3.05, 3.63) is 70.7 Å². The number of anilines is 1. The minimum atomic E-state index is -0.349. The number of aromatic nitrogens is 4. The van der Waals surface area contributed by atoms with Crippen LogP contribution in [0.5, 0.6) is 5.88 Å². The van der Waals surface area contributed by atoms with E-state index in [0.717, 1.165) is 10.3 Å². The van der Waals surface area contributed by atoms with Crippen molar-refractivity contribution in [3.63, 3.8) is 0 Å². The highest BCUT2D eigenvalue weighted by Crippen LogP contribution is 2.27. The molecule has 30 heavy (non-hydrogen) atoms. The first kappa shape index (κ1) is 20.1. The minimum absolute atomic E-state index is 0.0486. The van der Waals surface area contributed by atoms with Gasteiger partial charge in [-0.3, -0.25) is 5.21 Å². The standard InChI is InChI=1S/C21H20BrFN5O2/c1-13(2)30-20-8-7-14(12-27(20)29)10-24-19-9-18(15-5-3-4-6-17(15)23)26-21-16(22)11-25-28(19)21/h3-9,11-13,24,29H,10H2,1-2H3/q+1. The molecule has 0 bridgehead atoms. The molecule has 9 heteroatoms. The lowest BCUT2D eigenvalue weighted by Crippen LogP contribution is -2.34. The van der Waals surface area contributed by atoms with Crippen molar-refractivity contribution >= 4 is 27.4 Å². The summed E-state index contributed by atoms with van der Waals surface area (Å²) in [6.45, 7) is 4.18. The van der Waals surface area contributed by atoms with Crippen molar-refractivity contribution in [2.45, 2.75) is 26.5 Å². The summed E-state index contributed by atoms with van der Waals surface area (Å²) in [6.07, 6.45) is 3.16. The Balaban J connectivity index is 1.66. The first-order valence-corrected chi connectivity index (χ1v) is 10.1. The van der Waals surface area contributed by atoms with E-state index in [4.69, 9.17) is 4.74 Å². The minimum Gasteiger partial charge on any atom is -0.439 e. The zero-order valence-electron chi connectivity index (χ0n) is 16.4. The van der Waals surface area contributed by atoms with E-state index < -0.39 is 0 Å². The van der Waals surface area contributed by atoms with Gasteiger partial charge in [-0.25, -0.2) is 9.37 Å². The summed E-state index contributed by atoms with van der Waals surface area (Å²) in [5, 5.41) is 17.7. The Morgan fingerprint density at radius 3 is 2.80 bits per heavy atom. The molecular formula is C21H20BrFN5O2+. The number of hydrogen-bond acceptors (Lipinski definition) is 5. The van der Waals surface area contributed by atoms with Gasteiger partial charge in [0.2, 0.25) is 6.20 Å². The first-order chi connectivity index (χ1) is 14.4. The van der Waals surface area contributed by atoms with Gasteiger partial charge < -0.3 is 10.1 Å². The molecule has 0 amide bonds. The summed E-state index contributed by atoms with van der Waals surface area (Å²) >= 11 is 3.44. The van der Waals surface area contributed by atoms with Gasteiger partial charge in [0, 0.05) is 28.5 Å². The maximum atomic E-state index is 14.3. The average Bonchev–Trinajstić information content (AvgIpc) is 3.09. The van der Waals surface area contributed by atoms with E-state index in [0.29, 0.717) is 39.6 Å². The van der Waals surface area contributed by atoms with Crippen molar-refractivity contribution in [1.82, 2.24) is 14.6 Å². The second-order valence-corrected chi connectivity index (χ2v) is 7.83. The molecule has 0 spiro atoms. The summed E-state index contributed by atoms with van der Waals surface area (Å²) in [6, 6.07) is 11.8. The molecule has 0 saturated heterocycles. The fourth-order valence-corrected chi connectivity index (χ4v) is 3.37. The van der Waals surface area contributed by atoms with Crippen LogP contribution in [0.1, 0.15) is 19.4 Å². The molecule has 4 rings (SSSR count). The van der Waals surface area contributed by atoms with Crippen LogP contribution in [0.2, 0.25) is 0 Å². The Hall–Kier alpha value is -3.20. The zero-order chi connectivity index (χ0) is 21.3. The van der Waals surface area contributed by atoms with Crippen LogP contribution >= 0.6 is 15.9 Å². The molecule has 2 N–H and O–H groups in total. The summed E-state index contributed by atoms with van der Waals surface area (Å²) in [7, 11) is 0. The normalized spacial score (nSPS) is 11.2. The highest BCUT2D eigenvalue weighted by atomic mass is 79.9. The molecule has 3 aromatic heterocycles. The molecule has 0 unspecified atom stereocenters. The average molecular weight is 473 g/mol. The predicted molar refractivity (Wildman–Crippen MR) is 113 cm³/mol. The van der Waals surface area contributed by atoms with Crippen LogP contribution in [0.15, 0.2) is 59.3 Å². The van der Waals surface area contributed by atoms with Crippen LogP contribution in [-0.4, -0.2) is 25.9 Å². The highest BCUT2D eigenvalue weighted by molar-refractivity contribution is 9.10. The van der Waals surface area contributed by atoms with Crippen LogP contribution in [0.4, 0.5) is 10.2 Å². The van der Waals surface area contributed by atoms with E-state index in [2.05, 4.69) is 31.3 Å². The molecule has 0 aliphatic rings. The van der Waals surface area contributed by atoms with Crippen molar-refractivity contribution in [1.29, 1.82) is 0 Å². The van der Waals surface area contributed by atoms with E-state index in [-0.39, 0.29) is 11.9 Å². The van der Waals surface area contributed by atoms with E-state index in [1.807, 2.05) is 19.9 Å². The smallest absolute Gasteiger partial charge is 0.416 e. The van der Waals surface area contributed by atoms with Gasteiger partial charge in [0.05, 0.1) is 28.5 Å². The molecule has 4 aromatic rings. The number of rotatable bonds is 6. The van der Waals surface area contributed by atoms with Crippen LogP contribution in [-0.2, 0) is 6.54 Å². The van der Waals surface area contributed by atoms with Gasteiger partial charge in [-0.1, -0.05) is 12.1 Å². The summed E-state index contributed by atoms with van der Waals surface area (Å²) < 4.78 is 23.1. The van der Waals surface area contributed by atoms with Gasteiger partial charge in [-0.2, -0.15) is 9.61 Å². The Morgan fingerprint density at radius 1 is 1.27 bits per heavy atom. The molecule has 154 valence electrons. The number of halogens is 2. The second-order valence-electron chi connectivity index (χ2n) is 6.97. The van der Waals surface area contributed by atoms with Gasteiger partial charge in [-0.05, 0) is 48.0 Å². The predicted octanol–water partition coefficient (Wildman–Crippen LogP) is 4.22. The molecule has 3 heterocycles. The number of nitrogens with one attached hydrogen (secondary N) is 1. The summed E-state index contributed by atoms with van der Waals surface area (Å²) in [4.78, 5) is 4.55. The number of hydrogen-bond donors (Lipinski definition) is 2. The lowest BCUT2D eigenvalue weighted by Gasteiger charge is -2.11. The van der Waals surface area contributed by atoms with Crippen molar-refractivity contribution in [2.24, 2.45) is 0 Å². The molecular weight excluding hydrogens is 453 g/mol. The fraction of sp³-hybridized carbons (Fsp3) is 0.190. The van der Waals surface area contributed by atoms with E-state index in [9.17, 15) is 9.60 Å². The monoisotopic (exact) mass is 472 g/mol. The van der Waals surface area contributed by atoms with E-state index in [1.165, 1.54) is 6.07 Å². The topological polar surface area (TPSA) is 75.6 Å². The van der Waals surface area contributed by atoms with Crippen LogP contribution in [0.3, 0.4) is 0 Å². The van der Waals surface area contributed by atoms with Crippen molar-refractivity contribution in [2.75, 3.05) is 5.32 Å². The Morgan fingerprint density at radius 2 is 2.07 bits per heavy atom. The Labute approximate surface area is 180 Å². The van der Waals surface area contributed by atoms with Gasteiger partial charge in [0.25, 0.3) is 0 Å². The van der Waals surface area contributed by atoms with Gasteiger partial charge >= 0.3 is 5.88 Å². The third-order valence-corrected chi connectivity index (χ3v) is 4.92. The van der Waals surface area contributed by atoms with Gasteiger partial charge in [0.15, 0.2) is 5.65 Å². The fourth-order valence-electron chi connectivity index (χ4n) is 3.02. The summed E-state index contributed by atoms with van der Waals surface area (Å²) in [5.41, 5.74) is 2.27. The molecule has 1 aromatic carbocycles. The molecule has 0 fully saturated rings. The highest BCUT2D eigenvalue weighted by Gasteiger charge is 2.16. The number of fused-ring (bicyclic) bond motifs is 1. The largest absolute Gasteiger partial charge is 0.439 e. The summed E-state index contributed by atoms with van der Waals surface area (Å²) in [5.74, 6) is 0.645. The maximum Gasteiger partial charge on any atom is 0.416 e. The Bertz CT molecular complexity index is 1210. The molecule has 0 radical (unpaired) electrons. The Kier molecular flexibility index (Phi) is 5.54. The van der Waals surface area contributed by atoms with E-state index >= 15 is 0 Å². The van der Waals surface area contributed by atoms with Crippen molar-refractivity contribution < 1.29 is 19.1 Å². The molecule has 7 nitrogen and oxygen atoms in total. The third-order valence-electron chi connectivity index (χ3n) is 4.36. The van der Waals surface area contributed by atoms with Crippen LogP contribution in [0.25, 0.3) is 16.9 Å². The zero-order valence-corrected chi connectivity index (χ0v) is 18.0. The van der Waals surface area contributed by atoms with Crippen LogP contribution in [0, 0.1) is 5.82 Å². The maximum absolute atomic E-state index is 14.3. The molecule has 0 atom stereocenters. The lowest BCUT2D eigenvalue weighted by atomic mass is 10.1. The number of nitrogens with zero attached hydrogens (tertiary/aromatic N) is 4. The van der Waals surface area contributed by atoms with Crippen LogP contribution < -0.4 is 14.8 Å². The van der Waals surface area contributed by atoms with Crippen molar-refractivity contribution in [3.8, 4) is 17.1 Å². The lowest BCUT2D eigenvalue weighted by molar-refractivity contribution is -0.906. The second kappa shape index (κ2) is 8.27. The number of pyridine rings is 1. The quantitative estimate of drug-likeness (QED) is 0.324. The third kappa shape index (κ3) is 4.06. The molecule has 0 aliphatic carbocycles.